The number of hydrogen-bond acceptors (Lipinski definition) is 5. The van der Waals surface area contributed by atoms with E-state index in [0.29, 0.717) is 40.5 Å². The number of methoxy groups -OCH3 is 1. The van der Waals surface area contributed by atoms with E-state index in [-0.39, 0.29) is 6.10 Å². The molecule has 0 radical (unpaired) electrons. The lowest BCUT2D eigenvalue weighted by molar-refractivity contribution is -0.143. The van der Waals surface area contributed by atoms with Crippen LogP contribution in [-0.2, 0) is 16.1 Å². The minimum Gasteiger partial charge on any atom is -0.497 e. The molecule has 2 N–H and O–H groups in total. The van der Waals surface area contributed by atoms with Crippen molar-refractivity contribution in [3.8, 4) is 11.5 Å². The van der Waals surface area contributed by atoms with Crippen LogP contribution in [0.25, 0.3) is 5.70 Å². The number of ether oxygens (including phenoxy) is 3. The second kappa shape index (κ2) is 11.0. The van der Waals surface area contributed by atoms with Crippen molar-refractivity contribution in [1.82, 2.24) is 10.6 Å². The monoisotopic (exact) mass is 486 g/mol. The molecule has 0 aromatic heterocycles. The summed E-state index contributed by atoms with van der Waals surface area (Å²) >= 11 is 0. The Kier molecular flexibility index (Phi) is 7.59. The third kappa shape index (κ3) is 5.86. The molecule has 0 aliphatic carbocycles. The van der Waals surface area contributed by atoms with Crippen LogP contribution in [0.4, 0.5) is 4.79 Å². The van der Waals surface area contributed by atoms with E-state index in [1.165, 1.54) is 5.56 Å². The first kappa shape index (κ1) is 24.9. The zero-order valence-corrected chi connectivity index (χ0v) is 20.8. The van der Waals surface area contributed by atoms with Gasteiger partial charge in [-0.25, -0.2) is 9.59 Å². The van der Waals surface area contributed by atoms with Gasteiger partial charge in [0.2, 0.25) is 0 Å². The molecule has 0 spiro atoms. The van der Waals surface area contributed by atoms with Crippen LogP contribution in [-0.4, -0.2) is 25.2 Å². The number of nitrogens with one attached hydrogen (secondary N) is 2. The smallest absolute Gasteiger partial charge is 0.338 e. The van der Waals surface area contributed by atoms with Gasteiger partial charge in [0.15, 0.2) is 0 Å². The minimum absolute atomic E-state index is 0.309. The standard InChI is InChI=1S/C29H30N2O5/c1-18(2)36-28(32)25-26(21-12-14-23(34-4)15-13-21)30-29(33)31-27(25)22-6-5-7-24(16-22)35-17-20-10-8-19(3)9-11-20/h5-16,18,27H,17H2,1-4H3,(H2,30,31,33). The number of amides is 2. The van der Waals surface area contributed by atoms with Gasteiger partial charge in [0.1, 0.15) is 18.1 Å². The lowest BCUT2D eigenvalue weighted by atomic mass is 9.92. The summed E-state index contributed by atoms with van der Waals surface area (Å²) in [5.41, 5.74) is 4.30. The summed E-state index contributed by atoms with van der Waals surface area (Å²) < 4.78 is 16.8. The van der Waals surface area contributed by atoms with Gasteiger partial charge in [-0.2, -0.15) is 0 Å². The largest absolute Gasteiger partial charge is 0.497 e. The van der Waals surface area contributed by atoms with Gasteiger partial charge in [0.05, 0.1) is 30.5 Å². The van der Waals surface area contributed by atoms with E-state index in [4.69, 9.17) is 14.2 Å². The number of aryl methyl sites for hydroxylation is 1. The fourth-order valence-electron chi connectivity index (χ4n) is 3.93. The van der Waals surface area contributed by atoms with Gasteiger partial charge in [-0.3, -0.25) is 0 Å². The maximum atomic E-state index is 13.3. The Morgan fingerprint density at radius 1 is 0.972 bits per heavy atom. The predicted molar refractivity (Wildman–Crippen MR) is 138 cm³/mol. The Morgan fingerprint density at radius 2 is 1.69 bits per heavy atom. The average molecular weight is 487 g/mol. The van der Waals surface area contributed by atoms with Crippen LogP contribution in [0.2, 0.25) is 0 Å². The number of hydrogen-bond donors (Lipinski definition) is 2. The first-order valence-corrected chi connectivity index (χ1v) is 11.8. The molecule has 0 fully saturated rings. The summed E-state index contributed by atoms with van der Waals surface area (Å²) in [7, 11) is 1.58. The number of rotatable bonds is 8. The fraction of sp³-hybridized carbons (Fsp3) is 0.241. The summed E-state index contributed by atoms with van der Waals surface area (Å²) in [4.78, 5) is 26.0. The van der Waals surface area contributed by atoms with Crippen molar-refractivity contribution in [3.05, 3.63) is 101 Å². The second-order valence-electron chi connectivity index (χ2n) is 8.85. The van der Waals surface area contributed by atoms with Crippen LogP contribution in [0.3, 0.4) is 0 Å². The SMILES string of the molecule is COc1ccc(C2=C(C(=O)OC(C)C)C(c3cccc(OCc4ccc(C)cc4)c3)NC(=O)N2)cc1. The highest BCUT2D eigenvalue weighted by Gasteiger charge is 2.35. The predicted octanol–water partition coefficient (Wildman–Crippen LogP) is 5.30. The Hall–Kier alpha value is -4.26. The summed E-state index contributed by atoms with van der Waals surface area (Å²) in [5, 5.41) is 5.67. The van der Waals surface area contributed by atoms with Crippen molar-refractivity contribution >= 4 is 17.7 Å². The van der Waals surface area contributed by atoms with Crippen molar-refractivity contribution < 1.29 is 23.8 Å². The number of carbonyl (C=O) groups is 2. The topological polar surface area (TPSA) is 85.9 Å². The van der Waals surface area contributed by atoms with Crippen LogP contribution in [0.15, 0.2) is 78.4 Å². The molecule has 4 rings (SSSR count). The van der Waals surface area contributed by atoms with Gasteiger partial charge in [-0.15, -0.1) is 0 Å². The van der Waals surface area contributed by atoms with E-state index >= 15 is 0 Å². The first-order valence-electron chi connectivity index (χ1n) is 11.8. The van der Waals surface area contributed by atoms with E-state index in [1.807, 2.05) is 55.5 Å². The zero-order chi connectivity index (χ0) is 25.7. The van der Waals surface area contributed by atoms with Gasteiger partial charge in [-0.1, -0.05) is 42.0 Å². The molecule has 1 heterocycles. The van der Waals surface area contributed by atoms with Crippen LogP contribution >= 0.6 is 0 Å². The van der Waals surface area contributed by atoms with Gasteiger partial charge < -0.3 is 24.8 Å². The van der Waals surface area contributed by atoms with Gasteiger partial charge >= 0.3 is 12.0 Å². The molecular weight excluding hydrogens is 456 g/mol. The van der Waals surface area contributed by atoms with E-state index in [9.17, 15) is 9.59 Å². The molecule has 1 unspecified atom stereocenters. The third-order valence-electron chi connectivity index (χ3n) is 5.73. The molecule has 186 valence electrons. The lowest BCUT2D eigenvalue weighted by Gasteiger charge is -2.30. The Morgan fingerprint density at radius 3 is 2.36 bits per heavy atom. The Labute approximate surface area is 211 Å². The molecule has 1 aliphatic rings. The molecule has 1 atom stereocenters. The van der Waals surface area contributed by atoms with E-state index in [1.54, 1.807) is 45.2 Å². The van der Waals surface area contributed by atoms with Gasteiger partial charge in [-0.05, 0) is 73.9 Å². The molecule has 0 saturated heterocycles. The van der Waals surface area contributed by atoms with Crippen molar-refractivity contribution in [2.24, 2.45) is 0 Å². The molecule has 2 amide bonds. The third-order valence-corrected chi connectivity index (χ3v) is 5.73. The molecule has 36 heavy (non-hydrogen) atoms. The summed E-state index contributed by atoms with van der Waals surface area (Å²) in [6, 6.07) is 21.5. The number of benzene rings is 3. The quantitative estimate of drug-likeness (QED) is 0.422. The van der Waals surface area contributed by atoms with Crippen LogP contribution in [0.1, 0.15) is 42.1 Å². The minimum atomic E-state index is -0.731. The highest BCUT2D eigenvalue weighted by molar-refractivity contribution is 6.04. The van der Waals surface area contributed by atoms with Crippen LogP contribution < -0.4 is 20.1 Å². The molecule has 0 saturated carbocycles. The van der Waals surface area contributed by atoms with Gasteiger partial charge in [0.25, 0.3) is 0 Å². The van der Waals surface area contributed by atoms with Crippen molar-refractivity contribution in [2.75, 3.05) is 7.11 Å². The molecule has 0 bridgehead atoms. The van der Waals surface area contributed by atoms with E-state index in [0.717, 1.165) is 5.56 Å². The summed E-state index contributed by atoms with van der Waals surface area (Å²) in [6.07, 6.45) is -0.329. The van der Waals surface area contributed by atoms with Crippen molar-refractivity contribution in [3.63, 3.8) is 0 Å². The van der Waals surface area contributed by atoms with Crippen LogP contribution in [0, 0.1) is 6.92 Å². The maximum Gasteiger partial charge on any atom is 0.338 e. The second-order valence-corrected chi connectivity index (χ2v) is 8.85. The highest BCUT2D eigenvalue weighted by atomic mass is 16.5. The normalized spacial score (nSPS) is 15.2. The van der Waals surface area contributed by atoms with Crippen LogP contribution in [0.5, 0.6) is 11.5 Å². The number of esters is 1. The van der Waals surface area contributed by atoms with Crippen molar-refractivity contribution in [2.45, 2.75) is 39.5 Å². The molecule has 1 aliphatic heterocycles. The number of carbonyl (C=O) groups excluding carboxylic acids is 2. The molecule has 3 aromatic carbocycles. The van der Waals surface area contributed by atoms with E-state index < -0.39 is 18.0 Å². The Bertz CT molecular complexity index is 1260. The fourth-order valence-corrected chi connectivity index (χ4v) is 3.93. The average Bonchev–Trinajstić information content (AvgIpc) is 2.87. The van der Waals surface area contributed by atoms with Crippen molar-refractivity contribution in [1.29, 1.82) is 0 Å². The first-order chi connectivity index (χ1) is 17.3. The molecule has 3 aromatic rings. The lowest BCUT2D eigenvalue weighted by Crippen LogP contribution is -2.45. The molecule has 7 heteroatoms. The highest BCUT2D eigenvalue weighted by Crippen LogP contribution is 2.34. The van der Waals surface area contributed by atoms with Gasteiger partial charge in [0, 0.05) is 0 Å². The summed E-state index contributed by atoms with van der Waals surface area (Å²) in [6.45, 7) is 6.01. The maximum absolute atomic E-state index is 13.3. The van der Waals surface area contributed by atoms with E-state index in [2.05, 4.69) is 10.6 Å². The molecular formula is C29H30N2O5. The Balaban J connectivity index is 1.70. The summed E-state index contributed by atoms with van der Waals surface area (Å²) in [5.74, 6) is 0.781. The molecule has 7 nitrogen and oxygen atoms in total. The zero-order valence-electron chi connectivity index (χ0n) is 20.8. The number of urea groups is 1.